The Balaban J connectivity index is 1.99. The van der Waals surface area contributed by atoms with E-state index >= 15 is 0 Å². The molecular formula is C12H13F3N2O3. The number of anilines is 1. The molecule has 2 N–H and O–H groups in total. The van der Waals surface area contributed by atoms with Crippen LogP contribution in [0.15, 0.2) is 24.3 Å². The summed E-state index contributed by atoms with van der Waals surface area (Å²) in [5.41, 5.74) is 0.193. The van der Waals surface area contributed by atoms with Crippen molar-refractivity contribution in [2.75, 3.05) is 18.4 Å². The monoisotopic (exact) mass is 290 g/mol. The number of halogens is 3. The van der Waals surface area contributed by atoms with Gasteiger partial charge >= 0.3 is 12.4 Å². The van der Waals surface area contributed by atoms with Crippen LogP contribution in [0.2, 0.25) is 0 Å². The molecule has 1 atom stereocenters. The van der Waals surface area contributed by atoms with Crippen LogP contribution >= 0.6 is 0 Å². The topological polar surface area (TPSA) is 61.8 Å². The van der Waals surface area contributed by atoms with E-state index in [1.165, 1.54) is 17.0 Å². The van der Waals surface area contributed by atoms with Crippen LogP contribution in [-0.4, -0.2) is 41.6 Å². The first kappa shape index (κ1) is 14.4. The van der Waals surface area contributed by atoms with Gasteiger partial charge in [0.15, 0.2) is 0 Å². The summed E-state index contributed by atoms with van der Waals surface area (Å²) >= 11 is 0. The van der Waals surface area contributed by atoms with Crippen molar-refractivity contribution >= 4 is 11.7 Å². The Morgan fingerprint density at radius 1 is 1.45 bits per heavy atom. The molecule has 1 aliphatic rings. The van der Waals surface area contributed by atoms with Crippen molar-refractivity contribution in [1.82, 2.24) is 4.90 Å². The van der Waals surface area contributed by atoms with E-state index < -0.39 is 24.2 Å². The molecule has 8 heteroatoms. The lowest BCUT2D eigenvalue weighted by Gasteiger charge is -2.17. The minimum atomic E-state index is -4.78. The molecule has 0 saturated carbocycles. The van der Waals surface area contributed by atoms with Crippen LogP contribution in [0.5, 0.6) is 5.75 Å². The summed E-state index contributed by atoms with van der Waals surface area (Å²) in [5.74, 6) is -0.406. The quantitative estimate of drug-likeness (QED) is 0.877. The number of likely N-dealkylation sites (tertiary alicyclic amines) is 1. The maximum absolute atomic E-state index is 12.1. The van der Waals surface area contributed by atoms with Gasteiger partial charge in [-0.1, -0.05) is 6.07 Å². The molecule has 0 radical (unpaired) electrons. The van der Waals surface area contributed by atoms with Gasteiger partial charge < -0.3 is 20.1 Å². The molecule has 1 aromatic carbocycles. The fourth-order valence-corrected chi connectivity index (χ4v) is 1.90. The zero-order valence-electron chi connectivity index (χ0n) is 10.4. The number of nitrogens with one attached hydrogen (secondary N) is 1. The number of hydrogen-bond acceptors (Lipinski definition) is 3. The highest BCUT2D eigenvalue weighted by Gasteiger charge is 2.31. The second-order valence-corrected chi connectivity index (χ2v) is 4.39. The number of aliphatic hydroxyl groups excluding tert-OH is 1. The number of alkyl halides is 3. The molecule has 0 unspecified atom stereocenters. The summed E-state index contributed by atoms with van der Waals surface area (Å²) in [7, 11) is 0. The molecule has 5 nitrogen and oxygen atoms in total. The molecule has 110 valence electrons. The first-order valence-electron chi connectivity index (χ1n) is 5.93. The number of carbonyl (C=O) groups excluding carboxylic acids is 1. The van der Waals surface area contributed by atoms with Crippen LogP contribution in [-0.2, 0) is 0 Å². The molecule has 1 aliphatic heterocycles. The molecular weight excluding hydrogens is 277 g/mol. The van der Waals surface area contributed by atoms with Crippen molar-refractivity contribution in [3.8, 4) is 5.75 Å². The highest BCUT2D eigenvalue weighted by atomic mass is 19.4. The third-order valence-electron chi connectivity index (χ3n) is 2.77. The Morgan fingerprint density at radius 2 is 2.20 bits per heavy atom. The van der Waals surface area contributed by atoms with Gasteiger partial charge in [-0.2, -0.15) is 0 Å². The molecule has 1 heterocycles. The number of rotatable bonds is 2. The molecule has 1 saturated heterocycles. The zero-order valence-corrected chi connectivity index (χ0v) is 10.4. The maximum atomic E-state index is 12.1. The summed E-state index contributed by atoms with van der Waals surface area (Å²) in [6, 6.07) is 4.55. The summed E-state index contributed by atoms with van der Waals surface area (Å²) in [5, 5.41) is 11.8. The van der Waals surface area contributed by atoms with E-state index in [0.717, 1.165) is 12.1 Å². The third-order valence-corrected chi connectivity index (χ3v) is 2.77. The second-order valence-electron chi connectivity index (χ2n) is 4.39. The molecule has 0 spiro atoms. The smallest absolute Gasteiger partial charge is 0.406 e. The normalized spacial score (nSPS) is 19.0. The van der Waals surface area contributed by atoms with E-state index in [1.54, 1.807) is 0 Å². The van der Waals surface area contributed by atoms with Crippen molar-refractivity contribution in [1.29, 1.82) is 0 Å². The zero-order chi connectivity index (χ0) is 14.8. The Morgan fingerprint density at radius 3 is 2.80 bits per heavy atom. The Hall–Kier alpha value is -1.96. The van der Waals surface area contributed by atoms with Gasteiger partial charge in [-0.15, -0.1) is 13.2 Å². The van der Waals surface area contributed by atoms with Crippen LogP contribution < -0.4 is 10.1 Å². The second kappa shape index (κ2) is 5.58. The van der Waals surface area contributed by atoms with Gasteiger partial charge in [0.1, 0.15) is 5.75 Å². The Bertz CT molecular complexity index is 493. The molecule has 20 heavy (non-hydrogen) atoms. The van der Waals surface area contributed by atoms with Gasteiger partial charge in [0.25, 0.3) is 0 Å². The fraction of sp³-hybridized carbons (Fsp3) is 0.417. The van der Waals surface area contributed by atoms with Crippen molar-refractivity contribution in [3.63, 3.8) is 0 Å². The van der Waals surface area contributed by atoms with Crippen LogP contribution in [0.3, 0.4) is 0 Å². The predicted molar refractivity (Wildman–Crippen MR) is 64.3 cm³/mol. The molecule has 2 amide bonds. The molecule has 0 aliphatic carbocycles. The first-order valence-corrected chi connectivity index (χ1v) is 5.93. The fourth-order valence-electron chi connectivity index (χ4n) is 1.90. The summed E-state index contributed by atoms with van der Waals surface area (Å²) < 4.78 is 40.0. The molecule has 1 fully saturated rings. The van der Waals surface area contributed by atoms with Crippen molar-refractivity contribution in [3.05, 3.63) is 24.3 Å². The number of amides is 2. The van der Waals surface area contributed by atoms with Crippen molar-refractivity contribution < 1.29 is 27.8 Å². The highest BCUT2D eigenvalue weighted by molar-refractivity contribution is 5.89. The number of ether oxygens (including phenoxy) is 1. The van der Waals surface area contributed by atoms with Crippen LogP contribution in [0.1, 0.15) is 6.42 Å². The number of hydrogen-bond donors (Lipinski definition) is 2. The number of carbonyl (C=O) groups is 1. The first-order chi connectivity index (χ1) is 9.33. The standard InChI is InChI=1S/C12H13F3N2O3/c13-12(14,15)20-10-3-1-2-8(6-10)16-11(19)17-5-4-9(18)7-17/h1-3,6,9,18H,4-5,7H2,(H,16,19)/t9-/m1/s1. The van der Waals surface area contributed by atoms with Crippen LogP contribution in [0.25, 0.3) is 0 Å². The van der Waals surface area contributed by atoms with Crippen LogP contribution in [0.4, 0.5) is 23.7 Å². The van der Waals surface area contributed by atoms with Gasteiger partial charge in [-0.3, -0.25) is 0 Å². The Labute approximate surface area is 112 Å². The van der Waals surface area contributed by atoms with Crippen LogP contribution in [0, 0.1) is 0 Å². The molecule has 0 bridgehead atoms. The average molecular weight is 290 g/mol. The summed E-state index contributed by atoms with van der Waals surface area (Å²) in [4.78, 5) is 13.2. The molecule has 0 aromatic heterocycles. The number of benzene rings is 1. The maximum Gasteiger partial charge on any atom is 0.573 e. The van der Waals surface area contributed by atoms with Gasteiger partial charge in [-0.25, -0.2) is 4.79 Å². The van der Waals surface area contributed by atoms with Crippen molar-refractivity contribution in [2.24, 2.45) is 0 Å². The summed E-state index contributed by atoms with van der Waals surface area (Å²) in [6.45, 7) is 0.621. The largest absolute Gasteiger partial charge is 0.573 e. The van der Waals surface area contributed by atoms with Gasteiger partial charge in [0, 0.05) is 24.8 Å². The van der Waals surface area contributed by atoms with E-state index in [-0.39, 0.29) is 12.2 Å². The minimum Gasteiger partial charge on any atom is -0.406 e. The lowest BCUT2D eigenvalue weighted by Crippen LogP contribution is -2.33. The summed E-state index contributed by atoms with van der Waals surface area (Å²) in [6.07, 6.45) is -4.84. The average Bonchev–Trinajstić information content (AvgIpc) is 2.74. The lowest BCUT2D eigenvalue weighted by atomic mass is 10.3. The van der Waals surface area contributed by atoms with Gasteiger partial charge in [0.2, 0.25) is 0 Å². The molecule has 1 aromatic rings. The van der Waals surface area contributed by atoms with E-state index in [4.69, 9.17) is 0 Å². The van der Waals surface area contributed by atoms with Crippen molar-refractivity contribution in [2.45, 2.75) is 18.9 Å². The number of β-amino-alcohol motifs (C(OH)–C–C–N with tert-alkyl or cyclic N) is 1. The number of urea groups is 1. The van der Waals surface area contributed by atoms with Gasteiger partial charge in [0.05, 0.1) is 6.10 Å². The van der Waals surface area contributed by atoms with Gasteiger partial charge in [-0.05, 0) is 18.6 Å². The lowest BCUT2D eigenvalue weighted by molar-refractivity contribution is -0.274. The predicted octanol–water partition coefficient (Wildman–Crippen LogP) is 2.18. The van der Waals surface area contributed by atoms with E-state index in [2.05, 4.69) is 10.1 Å². The van der Waals surface area contributed by atoms with E-state index in [9.17, 15) is 23.1 Å². The number of aliphatic hydroxyl groups is 1. The highest BCUT2D eigenvalue weighted by Crippen LogP contribution is 2.25. The SMILES string of the molecule is O=C(Nc1cccc(OC(F)(F)F)c1)N1CC[C@@H](O)C1. The number of nitrogens with zero attached hydrogens (tertiary/aromatic N) is 1. The van der Waals surface area contributed by atoms with E-state index in [0.29, 0.717) is 13.0 Å². The molecule has 2 rings (SSSR count). The Kier molecular flexibility index (Phi) is 4.03. The van der Waals surface area contributed by atoms with E-state index in [1.807, 2.05) is 0 Å². The minimum absolute atomic E-state index is 0.193. The third kappa shape index (κ3) is 4.02.